The molecule has 3 aromatic carbocycles. The summed E-state index contributed by atoms with van der Waals surface area (Å²) in [5.74, 6) is 0.640. The van der Waals surface area contributed by atoms with Gasteiger partial charge < -0.3 is 15.4 Å². The lowest BCUT2D eigenvalue weighted by molar-refractivity contribution is -0.126. The highest BCUT2D eigenvalue weighted by Crippen LogP contribution is 2.35. The zero-order valence-corrected chi connectivity index (χ0v) is 23.9. The van der Waals surface area contributed by atoms with Gasteiger partial charge in [-0.2, -0.15) is 4.99 Å². The molecular weight excluding hydrogens is 538 g/mol. The number of anilines is 1. The van der Waals surface area contributed by atoms with Gasteiger partial charge in [-0.15, -0.1) is 0 Å². The first-order valence-electron chi connectivity index (χ1n) is 13.3. The molecule has 3 amide bonds. The first-order chi connectivity index (χ1) is 19.8. The van der Waals surface area contributed by atoms with Crippen molar-refractivity contribution in [3.8, 4) is 5.75 Å². The van der Waals surface area contributed by atoms with Crippen LogP contribution in [0.5, 0.6) is 5.75 Å². The van der Waals surface area contributed by atoms with Crippen molar-refractivity contribution in [2.24, 2.45) is 9.98 Å². The number of benzene rings is 3. The van der Waals surface area contributed by atoms with E-state index in [2.05, 4.69) is 29.5 Å². The smallest absolute Gasteiger partial charge is 0.271 e. The Kier molecular flexibility index (Phi) is 8.49. The predicted molar refractivity (Wildman–Crippen MR) is 162 cm³/mol. The van der Waals surface area contributed by atoms with Crippen molar-refractivity contribution in [2.45, 2.75) is 38.8 Å². The molecule has 0 bridgehead atoms. The van der Waals surface area contributed by atoms with Gasteiger partial charge in [0.05, 0.1) is 25.0 Å². The van der Waals surface area contributed by atoms with Crippen molar-refractivity contribution in [1.29, 1.82) is 0 Å². The Hall–Kier alpha value is -4.44. The maximum atomic E-state index is 13.1. The summed E-state index contributed by atoms with van der Waals surface area (Å²) in [6, 6.07) is 21.7. The molecule has 2 heterocycles. The fraction of sp³-hybridized carbons (Fsp3) is 0.258. The van der Waals surface area contributed by atoms with Gasteiger partial charge in [0, 0.05) is 23.4 Å². The van der Waals surface area contributed by atoms with E-state index in [0.717, 1.165) is 5.56 Å². The van der Waals surface area contributed by atoms with Gasteiger partial charge >= 0.3 is 0 Å². The highest BCUT2D eigenvalue weighted by molar-refractivity contribution is 8.14. The monoisotopic (exact) mass is 569 g/mol. The SMILES string of the molecule is COc1ccccc1CNC(=O)CC1C(=O)N=C2c3ccccc3N=C(SCC(=O)Nc3ccc(C(C)C)cc3)N21. The zero-order chi connectivity index (χ0) is 28.9. The summed E-state index contributed by atoms with van der Waals surface area (Å²) >= 11 is 1.20. The van der Waals surface area contributed by atoms with E-state index in [-0.39, 0.29) is 30.5 Å². The van der Waals surface area contributed by atoms with E-state index in [9.17, 15) is 14.4 Å². The Balaban J connectivity index is 1.29. The molecule has 2 N–H and O–H groups in total. The number of para-hydroxylation sites is 2. The summed E-state index contributed by atoms with van der Waals surface area (Å²) in [5, 5.41) is 6.24. The van der Waals surface area contributed by atoms with Crippen molar-refractivity contribution in [3.05, 3.63) is 89.5 Å². The maximum Gasteiger partial charge on any atom is 0.271 e. The number of amidine groups is 2. The number of nitrogens with zero attached hydrogens (tertiary/aromatic N) is 3. The number of carbonyl (C=O) groups is 3. The molecule has 1 unspecified atom stereocenters. The van der Waals surface area contributed by atoms with Crippen LogP contribution in [-0.2, 0) is 20.9 Å². The average Bonchev–Trinajstić information content (AvgIpc) is 3.31. The number of thioether (sulfide) groups is 1. The Morgan fingerprint density at radius 2 is 1.71 bits per heavy atom. The minimum absolute atomic E-state index is 0.0671. The van der Waals surface area contributed by atoms with E-state index >= 15 is 0 Å². The van der Waals surface area contributed by atoms with Gasteiger partial charge in [-0.1, -0.05) is 68.1 Å². The van der Waals surface area contributed by atoms with Gasteiger partial charge in [0.15, 0.2) is 5.17 Å². The summed E-state index contributed by atoms with van der Waals surface area (Å²) in [6.45, 7) is 4.49. The van der Waals surface area contributed by atoms with E-state index in [1.165, 1.54) is 17.3 Å². The molecular formula is C31H31N5O4S. The number of hydrogen-bond donors (Lipinski definition) is 2. The lowest BCUT2D eigenvalue weighted by atomic mass is 10.0. The van der Waals surface area contributed by atoms with Crippen LogP contribution in [0.15, 0.2) is 82.8 Å². The largest absolute Gasteiger partial charge is 0.496 e. The van der Waals surface area contributed by atoms with Gasteiger partial charge in [-0.25, -0.2) is 4.99 Å². The number of methoxy groups -OCH3 is 1. The number of carbonyl (C=O) groups excluding carboxylic acids is 3. The minimum atomic E-state index is -0.867. The fourth-order valence-corrected chi connectivity index (χ4v) is 5.52. The summed E-state index contributed by atoms with van der Waals surface area (Å²) in [4.78, 5) is 49.6. The highest BCUT2D eigenvalue weighted by Gasteiger charge is 2.42. The molecule has 0 radical (unpaired) electrons. The van der Waals surface area contributed by atoms with Gasteiger partial charge in [0.1, 0.15) is 17.6 Å². The number of amides is 3. The van der Waals surface area contributed by atoms with Crippen molar-refractivity contribution in [1.82, 2.24) is 10.2 Å². The molecule has 1 atom stereocenters. The zero-order valence-electron chi connectivity index (χ0n) is 23.1. The highest BCUT2D eigenvalue weighted by atomic mass is 32.2. The second-order valence-corrected chi connectivity index (χ2v) is 10.9. The number of ether oxygens (including phenoxy) is 1. The number of aliphatic imine (C=N–C) groups is 2. The van der Waals surface area contributed by atoms with Crippen LogP contribution in [0, 0.1) is 0 Å². The lowest BCUT2D eigenvalue weighted by Crippen LogP contribution is -2.46. The van der Waals surface area contributed by atoms with Crippen LogP contribution in [0.2, 0.25) is 0 Å². The Morgan fingerprint density at radius 1 is 0.976 bits per heavy atom. The number of fused-ring (bicyclic) bond motifs is 3. The average molecular weight is 570 g/mol. The number of nitrogens with one attached hydrogen (secondary N) is 2. The van der Waals surface area contributed by atoms with Crippen LogP contribution in [-0.4, -0.2) is 52.5 Å². The molecule has 41 heavy (non-hydrogen) atoms. The van der Waals surface area contributed by atoms with E-state index in [4.69, 9.17) is 9.73 Å². The molecule has 0 saturated carbocycles. The third-order valence-corrected chi connectivity index (χ3v) is 7.80. The summed E-state index contributed by atoms with van der Waals surface area (Å²) in [6.07, 6.45) is -0.114. The normalized spacial score (nSPS) is 15.6. The molecule has 5 rings (SSSR count). The van der Waals surface area contributed by atoms with Crippen molar-refractivity contribution >= 4 is 51.9 Å². The maximum absolute atomic E-state index is 13.1. The molecule has 2 aliphatic rings. The quantitative estimate of drug-likeness (QED) is 0.381. The van der Waals surface area contributed by atoms with E-state index in [0.29, 0.717) is 39.6 Å². The summed E-state index contributed by atoms with van der Waals surface area (Å²) < 4.78 is 5.36. The Morgan fingerprint density at radius 3 is 2.46 bits per heavy atom. The third kappa shape index (κ3) is 6.33. The van der Waals surface area contributed by atoms with Crippen LogP contribution in [0.3, 0.4) is 0 Å². The van der Waals surface area contributed by atoms with Crippen LogP contribution in [0.1, 0.15) is 42.9 Å². The summed E-state index contributed by atoms with van der Waals surface area (Å²) in [5.41, 5.74) is 4.09. The fourth-order valence-electron chi connectivity index (χ4n) is 4.67. The topological polar surface area (TPSA) is 112 Å². The first kappa shape index (κ1) is 28.1. The molecule has 3 aromatic rings. The molecule has 10 heteroatoms. The molecule has 0 aromatic heterocycles. The van der Waals surface area contributed by atoms with Gasteiger partial charge in [0.2, 0.25) is 11.8 Å². The van der Waals surface area contributed by atoms with Crippen molar-refractivity contribution < 1.29 is 19.1 Å². The first-order valence-corrected chi connectivity index (χ1v) is 14.3. The molecule has 0 saturated heterocycles. The van der Waals surface area contributed by atoms with Gasteiger partial charge in [0.25, 0.3) is 5.91 Å². The predicted octanol–water partition coefficient (Wildman–Crippen LogP) is 4.86. The van der Waals surface area contributed by atoms with E-state index in [1.54, 1.807) is 12.0 Å². The van der Waals surface area contributed by atoms with E-state index < -0.39 is 11.9 Å². The second kappa shape index (κ2) is 12.4. The van der Waals surface area contributed by atoms with Gasteiger partial charge in [-0.05, 0) is 41.8 Å². The van der Waals surface area contributed by atoms with Gasteiger partial charge in [-0.3, -0.25) is 19.3 Å². The van der Waals surface area contributed by atoms with Crippen LogP contribution in [0.25, 0.3) is 0 Å². The summed E-state index contributed by atoms with van der Waals surface area (Å²) in [7, 11) is 1.58. The number of hydrogen-bond acceptors (Lipinski definition) is 7. The van der Waals surface area contributed by atoms with Crippen LogP contribution in [0.4, 0.5) is 11.4 Å². The molecule has 0 spiro atoms. The number of rotatable bonds is 9. The lowest BCUT2D eigenvalue weighted by Gasteiger charge is -2.30. The third-order valence-electron chi connectivity index (χ3n) is 6.85. The second-order valence-electron chi connectivity index (χ2n) is 9.98. The van der Waals surface area contributed by atoms with Crippen molar-refractivity contribution in [2.75, 3.05) is 18.2 Å². The minimum Gasteiger partial charge on any atom is -0.496 e. The Bertz CT molecular complexity index is 1530. The molecule has 0 fully saturated rings. The van der Waals surface area contributed by atoms with Crippen molar-refractivity contribution in [3.63, 3.8) is 0 Å². The molecule has 0 aliphatic carbocycles. The van der Waals surface area contributed by atoms with Crippen LogP contribution < -0.4 is 15.4 Å². The molecule has 9 nitrogen and oxygen atoms in total. The van der Waals surface area contributed by atoms with E-state index in [1.807, 2.05) is 72.8 Å². The standard InChI is InChI=1S/C31H31N5O4S/c1-19(2)20-12-14-22(15-13-20)33-28(38)18-41-31-34-24-10-6-5-9-23(24)29-35-30(39)25(36(29)31)16-27(37)32-17-21-8-4-7-11-26(21)40-3/h4-15,19,25H,16-18H2,1-3H3,(H,32,37)(H,33,38). The van der Waals surface area contributed by atoms with Crippen LogP contribution >= 0.6 is 11.8 Å². The molecule has 210 valence electrons. The Labute approximate surface area is 243 Å². The molecule has 2 aliphatic heterocycles.